The molecule has 0 saturated heterocycles. The van der Waals surface area contributed by atoms with Gasteiger partial charge >= 0.3 is 0 Å². The zero-order chi connectivity index (χ0) is 13.5. The third-order valence-electron chi connectivity index (χ3n) is 2.59. The molecular formula is C13H19ClN2O2. The van der Waals surface area contributed by atoms with Gasteiger partial charge in [0.2, 0.25) is 0 Å². The summed E-state index contributed by atoms with van der Waals surface area (Å²) in [6, 6.07) is 5.51. The summed E-state index contributed by atoms with van der Waals surface area (Å²) < 4.78 is 5.50. The van der Waals surface area contributed by atoms with E-state index in [4.69, 9.17) is 16.3 Å². The first-order chi connectivity index (χ1) is 8.58. The minimum Gasteiger partial charge on any atom is -0.483 e. The number of nitrogens with one attached hydrogen (secondary N) is 2. The van der Waals surface area contributed by atoms with Crippen molar-refractivity contribution < 1.29 is 9.53 Å². The summed E-state index contributed by atoms with van der Waals surface area (Å²) in [5.74, 6) is 0.517. The number of hydrogen-bond acceptors (Lipinski definition) is 3. The van der Waals surface area contributed by atoms with Crippen molar-refractivity contribution >= 4 is 17.5 Å². The van der Waals surface area contributed by atoms with Gasteiger partial charge in [0.25, 0.3) is 5.91 Å². The van der Waals surface area contributed by atoms with Crippen molar-refractivity contribution in [2.45, 2.75) is 19.9 Å². The van der Waals surface area contributed by atoms with E-state index in [9.17, 15) is 4.79 Å². The van der Waals surface area contributed by atoms with Crippen LogP contribution in [0.4, 0.5) is 0 Å². The van der Waals surface area contributed by atoms with E-state index >= 15 is 0 Å². The van der Waals surface area contributed by atoms with E-state index in [0.29, 0.717) is 10.8 Å². The quantitative estimate of drug-likeness (QED) is 0.833. The zero-order valence-corrected chi connectivity index (χ0v) is 11.7. The van der Waals surface area contributed by atoms with Gasteiger partial charge in [0.1, 0.15) is 5.75 Å². The maximum absolute atomic E-state index is 11.2. The molecule has 1 rings (SSSR count). The van der Waals surface area contributed by atoms with Crippen LogP contribution in [0.5, 0.6) is 5.75 Å². The highest BCUT2D eigenvalue weighted by Gasteiger charge is 2.12. The van der Waals surface area contributed by atoms with Crippen LogP contribution in [0.3, 0.4) is 0 Å². The molecule has 0 bridgehead atoms. The molecule has 4 nitrogen and oxygen atoms in total. The van der Waals surface area contributed by atoms with Crippen molar-refractivity contribution in [1.82, 2.24) is 10.6 Å². The lowest BCUT2D eigenvalue weighted by Gasteiger charge is -2.17. The first-order valence-electron chi connectivity index (χ1n) is 5.94. The van der Waals surface area contributed by atoms with Crippen LogP contribution in [0.1, 0.15) is 25.5 Å². The highest BCUT2D eigenvalue weighted by molar-refractivity contribution is 6.30. The lowest BCUT2D eigenvalue weighted by atomic mass is 10.1. The topological polar surface area (TPSA) is 50.4 Å². The first-order valence-corrected chi connectivity index (χ1v) is 6.32. The van der Waals surface area contributed by atoms with E-state index in [1.54, 1.807) is 19.2 Å². The summed E-state index contributed by atoms with van der Waals surface area (Å²) >= 11 is 5.99. The Morgan fingerprint density at radius 3 is 2.83 bits per heavy atom. The molecule has 2 N–H and O–H groups in total. The molecular weight excluding hydrogens is 252 g/mol. The number of amides is 1. The van der Waals surface area contributed by atoms with Gasteiger partial charge in [0.05, 0.1) is 0 Å². The Balaban J connectivity index is 2.85. The summed E-state index contributed by atoms with van der Waals surface area (Å²) in [7, 11) is 1.58. The van der Waals surface area contributed by atoms with Gasteiger partial charge in [-0.1, -0.05) is 18.5 Å². The van der Waals surface area contributed by atoms with Gasteiger partial charge in [0, 0.05) is 23.7 Å². The van der Waals surface area contributed by atoms with E-state index in [0.717, 1.165) is 12.1 Å². The van der Waals surface area contributed by atoms with Crippen molar-refractivity contribution in [3.05, 3.63) is 28.8 Å². The number of carbonyl (C=O) groups is 1. The zero-order valence-electron chi connectivity index (χ0n) is 10.9. The normalized spacial score (nSPS) is 12.0. The van der Waals surface area contributed by atoms with Crippen LogP contribution in [-0.2, 0) is 4.79 Å². The molecule has 1 unspecified atom stereocenters. The van der Waals surface area contributed by atoms with Gasteiger partial charge in [-0.2, -0.15) is 0 Å². The Hall–Kier alpha value is -1.26. The molecule has 0 aromatic heterocycles. The number of hydrogen-bond donors (Lipinski definition) is 2. The molecule has 0 radical (unpaired) electrons. The Morgan fingerprint density at radius 2 is 2.22 bits per heavy atom. The number of carbonyl (C=O) groups excluding carboxylic acids is 1. The summed E-state index contributed by atoms with van der Waals surface area (Å²) in [4.78, 5) is 11.2. The Morgan fingerprint density at radius 1 is 1.50 bits per heavy atom. The van der Waals surface area contributed by atoms with Crippen LogP contribution in [-0.4, -0.2) is 26.1 Å². The fraction of sp³-hybridized carbons (Fsp3) is 0.462. The third kappa shape index (κ3) is 4.20. The van der Waals surface area contributed by atoms with E-state index in [1.165, 1.54) is 0 Å². The monoisotopic (exact) mass is 270 g/mol. The largest absolute Gasteiger partial charge is 0.483 e. The SMILES string of the molecule is CCNC(C)c1cc(Cl)ccc1OCC(=O)NC. The van der Waals surface area contributed by atoms with Crippen LogP contribution in [0.25, 0.3) is 0 Å². The molecule has 1 aromatic rings. The molecule has 0 aliphatic rings. The Labute approximate surface area is 113 Å². The van der Waals surface area contributed by atoms with Gasteiger partial charge in [0.15, 0.2) is 6.61 Å². The summed E-state index contributed by atoms with van der Waals surface area (Å²) in [6.45, 7) is 4.92. The summed E-state index contributed by atoms with van der Waals surface area (Å²) in [6.07, 6.45) is 0. The number of rotatable bonds is 6. The van der Waals surface area contributed by atoms with Crippen LogP contribution in [0.2, 0.25) is 5.02 Å². The van der Waals surface area contributed by atoms with Gasteiger partial charge in [-0.15, -0.1) is 0 Å². The Kier molecular flexibility index (Phi) is 5.95. The van der Waals surface area contributed by atoms with Crippen molar-refractivity contribution in [2.75, 3.05) is 20.2 Å². The molecule has 1 amide bonds. The Bertz CT molecular complexity index is 410. The number of benzene rings is 1. The number of ether oxygens (including phenoxy) is 1. The van der Waals surface area contributed by atoms with Gasteiger partial charge < -0.3 is 15.4 Å². The van der Waals surface area contributed by atoms with Crippen LogP contribution in [0, 0.1) is 0 Å². The highest BCUT2D eigenvalue weighted by atomic mass is 35.5. The molecule has 0 aliphatic carbocycles. The maximum atomic E-state index is 11.2. The average Bonchev–Trinajstić information content (AvgIpc) is 2.37. The number of halogens is 1. The standard InChI is InChI=1S/C13H19ClN2O2/c1-4-16-9(2)11-7-10(14)5-6-12(11)18-8-13(17)15-3/h5-7,9,16H,4,8H2,1-3H3,(H,15,17). The van der Waals surface area contributed by atoms with Gasteiger partial charge in [-0.05, 0) is 31.7 Å². The van der Waals surface area contributed by atoms with Gasteiger partial charge in [-0.3, -0.25) is 4.79 Å². The maximum Gasteiger partial charge on any atom is 0.257 e. The molecule has 5 heteroatoms. The highest BCUT2D eigenvalue weighted by Crippen LogP contribution is 2.28. The molecule has 100 valence electrons. The van der Waals surface area contributed by atoms with Crippen molar-refractivity contribution in [3.8, 4) is 5.75 Å². The van der Waals surface area contributed by atoms with Crippen molar-refractivity contribution in [1.29, 1.82) is 0 Å². The molecule has 1 aromatic carbocycles. The van der Waals surface area contributed by atoms with E-state index in [-0.39, 0.29) is 18.6 Å². The van der Waals surface area contributed by atoms with Crippen LogP contribution in [0.15, 0.2) is 18.2 Å². The van der Waals surface area contributed by atoms with E-state index in [2.05, 4.69) is 10.6 Å². The minimum atomic E-state index is -0.160. The molecule has 18 heavy (non-hydrogen) atoms. The van der Waals surface area contributed by atoms with Crippen molar-refractivity contribution in [2.24, 2.45) is 0 Å². The first kappa shape index (κ1) is 14.8. The van der Waals surface area contributed by atoms with Crippen LogP contribution < -0.4 is 15.4 Å². The van der Waals surface area contributed by atoms with Crippen LogP contribution >= 0.6 is 11.6 Å². The lowest BCUT2D eigenvalue weighted by molar-refractivity contribution is -0.122. The second-order valence-corrected chi connectivity index (χ2v) is 4.36. The molecule has 0 fully saturated rings. The van der Waals surface area contributed by atoms with Crippen molar-refractivity contribution in [3.63, 3.8) is 0 Å². The minimum absolute atomic E-state index is 0.00395. The lowest BCUT2D eigenvalue weighted by Crippen LogP contribution is -2.25. The molecule has 0 aliphatic heterocycles. The number of likely N-dealkylation sites (N-methyl/N-ethyl adjacent to an activating group) is 1. The fourth-order valence-corrected chi connectivity index (χ4v) is 1.80. The second kappa shape index (κ2) is 7.24. The third-order valence-corrected chi connectivity index (χ3v) is 2.82. The summed E-state index contributed by atoms with van der Waals surface area (Å²) in [5, 5.41) is 6.46. The second-order valence-electron chi connectivity index (χ2n) is 3.92. The van der Waals surface area contributed by atoms with Gasteiger partial charge in [-0.25, -0.2) is 0 Å². The predicted octanol–water partition coefficient (Wildman–Crippen LogP) is 2.14. The average molecular weight is 271 g/mol. The molecule has 0 saturated carbocycles. The molecule has 0 spiro atoms. The van der Waals surface area contributed by atoms with E-state index < -0.39 is 0 Å². The molecule has 1 atom stereocenters. The predicted molar refractivity (Wildman–Crippen MR) is 73.1 cm³/mol. The smallest absolute Gasteiger partial charge is 0.257 e. The molecule has 0 heterocycles. The summed E-state index contributed by atoms with van der Waals surface area (Å²) in [5.41, 5.74) is 0.952. The van der Waals surface area contributed by atoms with E-state index in [1.807, 2.05) is 19.9 Å². The fourth-order valence-electron chi connectivity index (χ4n) is 1.62.